The number of carbonyl (C=O) groups excluding carboxylic acids is 1. The molecule has 1 saturated carbocycles. The number of hydrogen-bond acceptors (Lipinski definition) is 4. The number of hydrogen-bond donors (Lipinski definition) is 2. The number of benzene rings is 2. The minimum absolute atomic E-state index is 0.0249. The predicted molar refractivity (Wildman–Crippen MR) is 143 cm³/mol. The summed E-state index contributed by atoms with van der Waals surface area (Å²) in [5.41, 5.74) is -3.83. The summed E-state index contributed by atoms with van der Waals surface area (Å²) in [6, 6.07) is 8.26. The van der Waals surface area contributed by atoms with Crippen molar-refractivity contribution in [2.45, 2.75) is 60.3 Å². The van der Waals surface area contributed by atoms with Crippen molar-refractivity contribution >= 4 is 35.4 Å². The third kappa shape index (κ3) is 7.87. The highest BCUT2D eigenvalue weighted by Crippen LogP contribution is 2.48. The Morgan fingerprint density at radius 3 is 2.27 bits per heavy atom. The van der Waals surface area contributed by atoms with Crippen molar-refractivity contribution in [3.05, 3.63) is 71.3 Å². The number of anilines is 1. The number of nitrogens with zero attached hydrogens (tertiary/aromatic N) is 1. The number of halogens is 6. The number of aliphatic carboxylic acids is 1. The molecule has 5 nitrogen and oxygen atoms in total. The Morgan fingerprint density at radius 1 is 0.951 bits per heavy atom. The van der Waals surface area contributed by atoms with Gasteiger partial charge in [-0.1, -0.05) is 36.0 Å². The molecule has 2 aliphatic rings. The van der Waals surface area contributed by atoms with E-state index in [1.165, 1.54) is 11.0 Å². The normalized spacial score (nSPS) is 19.9. The minimum atomic E-state index is -5.34. The van der Waals surface area contributed by atoms with Gasteiger partial charge < -0.3 is 15.3 Å². The number of alkyl halides is 6. The van der Waals surface area contributed by atoms with Gasteiger partial charge >= 0.3 is 18.3 Å². The fourth-order valence-electron chi connectivity index (χ4n) is 5.02. The molecule has 1 heterocycles. The maximum Gasteiger partial charge on any atom is 0.418 e. The average molecular weight is 599 g/mol. The predicted octanol–water partition coefficient (Wildman–Crippen LogP) is 7.73. The molecule has 1 aliphatic heterocycles. The standard InChI is InChI=1S/C29H28F6N2O3S/c30-28(31,32)25-18(10-14-24(38)37-15-2-1-3-16-37)9-13-23(26(25)29(33,34)35)41-22-6-4-5-21(17-22)36-20-11-7-19(8-12-20)27(39)40/h1-2,4-6,9-10,13-14,17,19-20,36H,3,7-8,11-12,15-16H2,(H,39,40). The van der Waals surface area contributed by atoms with Crippen molar-refractivity contribution in [1.82, 2.24) is 4.90 Å². The lowest BCUT2D eigenvalue weighted by Gasteiger charge is -2.27. The largest absolute Gasteiger partial charge is 0.481 e. The summed E-state index contributed by atoms with van der Waals surface area (Å²) in [6.45, 7) is 0.642. The van der Waals surface area contributed by atoms with Crippen LogP contribution in [0.15, 0.2) is 64.4 Å². The van der Waals surface area contributed by atoms with E-state index in [4.69, 9.17) is 5.11 Å². The lowest BCUT2D eigenvalue weighted by atomic mass is 9.86. The topological polar surface area (TPSA) is 69.6 Å². The van der Waals surface area contributed by atoms with Gasteiger partial charge in [-0.2, -0.15) is 26.3 Å². The quantitative estimate of drug-likeness (QED) is 0.194. The molecule has 2 N–H and O–H groups in total. The summed E-state index contributed by atoms with van der Waals surface area (Å²) < 4.78 is 85.1. The monoisotopic (exact) mass is 598 g/mol. The third-order valence-corrected chi connectivity index (χ3v) is 8.10. The Labute approximate surface area is 237 Å². The van der Waals surface area contributed by atoms with Gasteiger partial charge in [-0.05, 0) is 68.0 Å². The van der Waals surface area contributed by atoms with Gasteiger partial charge in [0.05, 0.1) is 17.0 Å². The molecule has 0 saturated heterocycles. The van der Waals surface area contributed by atoms with Gasteiger partial charge in [0.1, 0.15) is 0 Å². The number of carboxylic acids is 1. The zero-order valence-electron chi connectivity index (χ0n) is 21.8. The molecule has 0 bridgehead atoms. The summed E-state index contributed by atoms with van der Waals surface area (Å²) in [6.07, 6.45) is -2.62. The first-order valence-corrected chi connectivity index (χ1v) is 13.8. The summed E-state index contributed by atoms with van der Waals surface area (Å²) in [5.74, 6) is -1.83. The lowest BCUT2D eigenvalue weighted by Crippen LogP contribution is -2.32. The summed E-state index contributed by atoms with van der Waals surface area (Å²) in [5, 5.41) is 12.4. The first-order valence-electron chi connectivity index (χ1n) is 13.0. The number of rotatable bonds is 7. The van der Waals surface area contributed by atoms with Crippen LogP contribution in [0.1, 0.15) is 48.8 Å². The molecule has 2 aromatic rings. The second-order valence-electron chi connectivity index (χ2n) is 9.94. The first kappa shape index (κ1) is 30.5. The van der Waals surface area contributed by atoms with Crippen LogP contribution in [0.5, 0.6) is 0 Å². The van der Waals surface area contributed by atoms with Crippen molar-refractivity contribution in [3.63, 3.8) is 0 Å². The molecule has 41 heavy (non-hydrogen) atoms. The van der Waals surface area contributed by atoms with E-state index in [-0.39, 0.29) is 12.6 Å². The fourth-order valence-corrected chi connectivity index (χ4v) is 6.06. The SMILES string of the molecule is O=C(O)C1CCC(Nc2cccc(Sc3ccc(C=CC(=O)N4CC=CCC4)c(C(F)(F)F)c3C(F)(F)F)c2)CC1. The summed E-state index contributed by atoms with van der Waals surface area (Å²) in [7, 11) is 0. The van der Waals surface area contributed by atoms with Crippen molar-refractivity contribution in [1.29, 1.82) is 0 Å². The number of nitrogens with one attached hydrogen (secondary N) is 1. The zero-order chi connectivity index (χ0) is 29.8. The molecule has 12 heteroatoms. The maximum atomic E-state index is 14.2. The van der Waals surface area contributed by atoms with Crippen molar-refractivity contribution in [2.24, 2.45) is 5.92 Å². The van der Waals surface area contributed by atoms with E-state index in [1.807, 2.05) is 6.08 Å². The van der Waals surface area contributed by atoms with Crippen LogP contribution >= 0.6 is 11.8 Å². The van der Waals surface area contributed by atoms with Gasteiger partial charge in [-0.25, -0.2) is 0 Å². The molecule has 0 spiro atoms. The van der Waals surface area contributed by atoms with Crippen LogP contribution in [0.4, 0.5) is 32.0 Å². The highest BCUT2D eigenvalue weighted by molar-refractivity contribution is 7.99. The zero-order valence-corrected chi connectivity index (χ0v) is 22.6. The third-order valence-electron chi connectivity index (χ3n) is 7.05. The minimum Gasteiger partial charge on any atom is -0.481 e. The van der Waals surface area contributed by atoms with Crippen LogP contribution in [-0.2, 0) is 21.9 Å². The molecular weight excluding hydrogens is 570 g/mol. The van der Waals surface area contributed by atoms with Gasteiger partial charge in [0, 0.05) is 40.7 Å². The van der Waals surface area contributed by atoms with Crippen LogP contribution in [-0.4, -0.2) is 41.0 Å². The lowest BCUT2D eigenvalue weighted by molar-refractivity contribution is -0.163. The second-order valence-corrected chi connectivity index (χ2v) is 11.1. The molecule has 4 rings (SSSR count). The highest BCUT2D eigenvalue weighted by Gasteiger charge is 2.46. The van der Waals surface area contributed by atoms with Crippen molar-refractivity contribution < 1.29 is 41.0 Å². The number of amides is 1. The van der Waals surface area contributed by atoms with E-state index in [9.17, 15) is 35.9 Å². The van der Waals surface area contributed by atoms with Crippen molar-refractivity contribution in [3.8, 4) is 0 Å². The molecule has 1 aliphatic carbocycles. The molecule has 1 amide bonds. The van der Waals surface area contributed by atoms with E-state index in [0.717, 1.165) is 24.3 Å². The summed E-state index contributed by atoms with van der Waals surface area (Å²) in [4.78, 5) is 24.7. The number of carboxylic acid groups (broad SMARTS) is 1. The Morgan fingerprint density at radius 2 is 1.66 bits per heavy atom. The molecule has 0 atom stereocenters. The first-order chi connectivity index (χ1) is 19.3. The maximum absolute atomic E-state index is 14.2. The summed E-state index contributed by atoms with van der Waals surface area (Å²) >= 11 is 0.563. The Bertz CT molecular complexity index is 1330. The molecule has 0 radical (unpaired) electrons. The van der Waals surface area contributed by atoms with Crippen LogP contribution in [0.25, 0.3) is 6.08 Å². The van der Waals surface area contributed by atoms with Gasteiger partial charge in [0.25, 0.3) is 0 Å². The van der Waals surface area contributed by atoms with E-state index in [0.29, 0.717) is 61.0 Å². The highest BCUT2D eigenvalue weighted by atomic mass is 32.2. The van der Waals surface area contributed by atoms with E-state index in [2.05, 4.69) is 5.32 Å². The van der Waals surface area contributed by atoms with E-state index >= 15 is 0 Å². The molecular formula is C29H28F6N2O3S. The Hall–Kier alpha value is -3.41. The van der Waals surface area contributed by atoms with Gasteiger partial charge in [-0.15, -0.1) is 0 Å². The molecule has 1 fully saturated rings. The van der Waals surface area contributed by atoms with Crippen LogP contribution in [0, 0.1) is 5.92 Å². The molecule has 0 unspecified atom stereocenters. The van der Waals surface area contributed by atoms with Gasteiger partial charge in [-0.3, -0.25) is 9.59 Å². The molecule has 2 aromatic carbocycles. The van der Waals surface area contributed by atoms with Gasteiger partial charge in [0.2, 0.25) is 5.91 Å². The smallest absolute Gasteiger partial charge is 0.418 e. The van der Waals surface area contributed by atoms with E-state index in [1.54, 1.807) is 24.3 Å². The second kappa shape index (κ2) is 12.6. The average Bonchev–Trinajstić information content (AvgIpc) is 2.91. The molecule has 0 aromatic heterocycles. The fraction of sp³-hybridized carbons (Fsp3) is 0.379. The van der Waals surface area contributed by atoms with Crippen LogP contribution < -0.4 is 5.32 Å². The van der Waals surface area contributed by atoms with E-state index < -0.39 is 51.7 Å². The van der Waals surface area contributed by atoms with Gasteiger partial charge in [0.15, 0.2) is 0 Å². The van der Waals surface area contributed by atoms with Crippen molar-refractivity contribution in [2.75, 3.05) is 18.4 Å². The van der Waals surface area contributed by atoms with Crippen LogP contribution in [0.2, 0.25) is 0 Å². The Kier molecular flexibility index (Phi) is 9.41. The van der Waals surface area contributed by atoms with Crippen LogP contribution in [0.3, 0.4) is 0 Å². The Balaban J connectivity index is 1.61. The number of carbonyl (C=O) groups is 2. The molecule has 220 valence electrons.